The van der Waals surface area contributed by atoms with E-state index in [0.29, 0.717) is 6.42 Å². The molecule has 71 heavy (non-hydrogen) atoms. The zero-order valence-electron chi connectivity index (χ0n) is 46.7. The van der Waals surface area contributed by atoms with Crippen molar-refractivity contribution in [2.75, 3.05) is 26.4 Å². The maximum atomic E-state index is 12.6. The maximum absolute atomic E-state index is 12.6. The molecule has 10 heteroatoms. The normalized spacial score (nSPS) is 13.2. The lowest BCUT2D eigenvalue weighted by atomic mass is 10.0. The minimum absolute atomic E-state index is 0.0564. The molecule has 0 aromatic heterocycles. The predicted octanol–water partition coefficient (Wildman–Crippen LogP) is 19.2. The maximum Gasteiger partial charge on any atom is 0.472 e. The summed E-state index contributed by atoms with van der Waals surface area (Å²) in [4.78, 5) is 34.9. The molecular formula is C61H116NO8P. The Balaban J connectivity index is 3.66. The number of unbranched alkanes of at least 4 members (excludes halogenated alkanes) is 39. The summed E-state index contributed by atoms with van der Waals surface area (Å²) >= 11 is 0. The van der Waals surface area contributed by atoms with Crippen LogP contribution in [0.5, 0.6) is 0 Å². The number of rotatable bonds is 58. The van der Waals surface area contributed by atoms with Gasteiger partial charge in [-0.25, -0.2) is 4.57 Å². The van der Waals surface area contributed by atoms with Crippen LogP contribution in [0.2, 0.25) is 0 Å². The highest BCUT2D eigenvalue weighted by molar-refractivity contribution is 7.47. The molecule has 3 N–H and O–H groups in total. The number of phosphoric ester groups is 1. The summed E-state index contributed by atoms with van der Waals surface area (Å²) < 4.78 is 32.9. The lowest BCUT2D eigenvalue weighted by Crippen LogP contribution is -2.29. The number of carbonyl (C=O) groups is 2. The Bertz CT molecular complexity index is 1260. The van der Waals surface area contributed by atoms with Gasteiger partial charge in [-0.1, -0.05) is 281 Å². The van der Waals surface area contributed by atoms with Gasteiger partial charge in [0.2, 0.25) is 0 Å². The molecule has 0 bridgehead atoms. The van der Waals surface area contributed by atoms with Crippen LogP contribution in [0.4, 0.5) is 0 Å². The summed E-state index contributed by atoms with van der Waals surface area (Å²) in [6, 6.07) is 0. The van der Waals surface area contributed by atoms with Gasteiger partial charge in [-0.15, -0.1) is 0 Å². The fourth-order valence-corrected chi connectivity index (χ4v) is 9.76. The van der Waals surface area contributed by atoms with Gasteiger partial charge in [0, 0.05) is 19.4 Å². The molecular weight excluding hydrogens is 906 g/mol. The van der Waals surface area contributed by atoms with Gasteiger partial charge in [-0.05, 0) is 51.4 Å². The van der Waals surface area contributed by atoms with Crippen molar-refractivity contribution < 1.29 is 37.6 Å². The van der Waals surface area contributed by atoms with E-state index in [1.54, 1.807) is 0 Å². The van der Waals surface area contributed by atoms with Crippen LogP contribution >= 0.6 is 7.82 Å². The van der Waals surface area contributed by atoms with Crippen LogP contribution in [-0.2, 0) is 32.7 Å². The summed E-state index contributed by atoms with van der Waals surface area (Å²) in [6.45, 7) is 3.74. The van der Waals surface area contributed by atoms with Crippen LogP contribution in [-0.4, -0.2) is 49.3 Å². The third-order valence-corrected chi connectivity index (χ3v) is 14.5. The van der Waals surface area contributed by atoms with Gasteiger partial charge >= 0.3 is 19.8 Å². The zero-order chi connectivity index (χ0) is 51.7. The Labute approximate surface area is 439 Å². The topological polar surface area (TPSA) is 134 Å². The molecule has 0 amide bonds. The molecule has 0 aliphatic heterocycles. The van der Waals surface area contributed by atoms with Crippen molar-refractivity contribution in [1.29, 1.82) is 0 Å². The number of allylic oxidation sites excluding steroid dienone is 6. The number of carbonyl (C=O) groups excluding carboxylic acids is 2. The molecule has 418 valence electrons. The predicted molar refractivity (Wildman–Crippen MR) is 303 cm³/mol. The molecule has 0 aliphatic rings. The van der Waals surface area contributed by atoms with Crippen LogP contribution in [0.15, 0.2) is 36.5 Å². The molecule has 0 aliphatic carbocycles. The number of ether oxygens (including phenoxy) is 2. The molecule has 0 spiro atoms. The summed E-state index contributed by atoms with van der Waals surface area (Å²) in [5.74, 6) is -0.816. The number of phosphoric acid groups is 1. The fourth-order valence-electron chi connectivity index (χ4n) is 9.00. The molecule has 0 rings (SSSR count). The van der Waals surface area contributed by atoms with Crippen molar-refractivity contribution in [3.63, 3.8) is 0 Å². The van der Waals surface area contributed by atoms with Gasteiger partial charge in [-0.2, -0.15) is 0 Å². The van der Waals surface area contributed by atoms with Gasteiger partial charge in [0.25, 0.3) is 0 Å². The first kappa shape index (κ1) is 69.2. The second kappa shape index (κ2) is 57.5. The molecule has 0 aromatic carbocycles. The minimum Gasteiger partial charge on any atom is -0.462 e. The average Bonchev–Trinajstić information content (AvgIpc) is 3.36. The molecule has 0 saturated carbocycles. The third-order valence-electron chi connectivity index (χ3n) is 13.5. The van der Waals surface area contributed by atoms with E-state index in [-0.39, 0.29) is 38.6 Å². The summed E-state index contributed by atoms with van der Waals surface area (Å²) in [7, 11) is -4.37. The highest BCUT2D eigenvalue weighted by atomic mass is 31.2. The standard InChI is InChI=1S/C61H116NO8P/c1-3-5-7-9-11-13-14-15-16-17-18-19-20-21-22-23-24-25-26-27-28-29-30-31-32-33-34-35-36-37-38-39-40-41-42-43-44-46-48-50-52-54-61(64)70-59(58-69-71(65,66)68-56-55-62)57-67-60(63)53-51-49-47-45-12-10-8-6-4-2/h14-15,17-18,20-21,59H,3-13,16,19,22-58,62H2,1-2H3,(H,65,66)/b15-14-,18-17-,21-20-. The molecule has 0 aromatic rings. The number of hydrogen-bond acceptors (Lipinski definition) is 8. The first-order chi connectivity index (χ1) is 34.8. The first-order valence-corrected chi connectivity index (χ1v) is 32.0. The van der Waals surface area contributed by atoms with Crippen molar-refractivity contribution in [1.82, 2.24) is 0 Å². The Hall–Kier alpha value is -1.77. The van der Waals surface area contributed by atoms with Crippen LogP contribution in [0, 0.1) is 0 Å². The third kappa shape index (κ3) is 57.4. The van der Waals surface area contributed by atoms with E-state index in [1.165, 1.54) is 231 Å². The van der Waals surface area contributed by atoms with Crippen LogP contribution in [0.3, 0.4) is 0 Å². The molecule has 2 unspecified atom stereocenters. The van der Waals surface area contributed by atoms with Gasteiger partial charge in [0.05, 0.1) is 13.2 Å². The molecule has 0 fully saturated rings. The van der Waals surface area contributed by atoms with Gasteiger partial charge in [0.1, 0.15) is 6.61 Å². The minimum atomic E-state index is -4.37. The van der Waals surface area contributed by atoms with Crippen molar-refractivity contribution in [2.45, 2.75) is 315 Å². The van der Waals surface area contributed by atoms with E-state index in [4.69, 9.17) is 24.3 Å². The fraction of sp³-hybridized carbons (Fsp3) is 0.869. The Morgan fingerprint density at radius 3 is 1.08 bits per heavy atom. The lowest BCUT2D eigenvalue weighted by molar-refractivity contribution is -0.161. The van der Waals surface area contributed by atoms with Crippen molar-refractivity contribution in [3.05, 3.63) is 36.5 Å². The quantitative estimate of drug-likeness (QED) is 0.0264. The van der Waals surface area contributed by atoms with Crippen molar-refractivity contribution in [2.24, 2.45) is 5.73 Å². The molecule has 0 heterocycles. The van der Waals surface area contributed by atoms with E-state index in [1.807, 2.05) is 0 Å². The van der Waals surface area contributed by atoms with E-state index >= 15 is 0 Å². The summed E-state index contributed by atoms with van der Waals surface area (Å²) in [5, 5.41) is 0. The summed E-state index contributed by atoms with van der Waals surface area (Å²) in [5.41, 5.74) is 5.36. The van der Waals surface area contributed by atoms with Gasteiger partial charge < -0.3 is 20.1 Å². The Morgan fingerprint density at radius 2 is 0.732 bits per heavy atom. The smallest absolute Gasteiger partial charge is 0.462 e. The number of nitrogens with two attached hydrogens (primary N) is 1. The second-order valence-electron chi connectivity index (χ2n) is 20.6. The molecule has 9 nitrogen and oxygen atoms in total. The molecule has 2 atom stereocenters. The Kier molecular flexibility index (Phi) is 56.1. The highest BCUT2D eigenvalue weighted by Crippen LogP contribution is 2.43. The van der Waals surface area contributed by atoms with Crippen LogP contribution in [0.25, 0.3) is 0 Å². The second-order valence-corrected chi connectivity index (χ2v) is 22.0. The average molecular weight is 1020 g/mol. The summed E-state index contributed by atoms with van der Waals surface area (Å²) in [6.07, 6.45) is 69.8. The van der Waals surface area contributed by atoms with Crippen LogP contribution in [0.1, 0.15) is 309 Å². The SMILES string of the molecule is CCCCCCC/C=C\C/C=C\C/C=C\CCCCCCCCCCCCCCCCCCCCCCCCCCCCC(=O)OC(COC(=O)CCCCCCCCCCC)COP(=O)(O)OCCN. The van der Waals surface area contributed by atoms with Crippen molar-refractivity contribution in [3.8, 4) is 0 Å². The van der Waals surface area contributed by atoms with E-state index in [9.17, 15) is 19.0 Å². The zero-order valence-corrected chi connectivity index (χ0v) is 47.6. The van der Waals surface area contributed by atoms with E-state index < -0.39 is 26.5 Å². The monoisotopic (exact) mass is 1020 g/mol. The first-order valence-electron chi connectivity index (χ1n) is 30.5. The van der Waals surface area contributed by atoms with Crippen LogP contribution < -0.4 is 5.73 Å². The van der Waals surface area contributed by atoms with E-state index in [2.05, 4.69) is 50.3 Å². The lowest BCUT2D eigenvalue weighted by Gasteiger charge is -2.19. The molecule has 0 radical (unpaired) electrons. The highest BCUT2D eigenvalue weighted by Gasteiger charge is 2.26. The van der Waals surface area contributed by atoms with Crippen molar-refractivity contribution >= 4 is 19.8 Å². The molecule has 0 saturated heterocycles. The number of hydrogen-bond donors (Lipinski definition) is 2. The van der Waals surface area contributed by atoms with E-state index in [0.717, 1.165) is 44.9 Å². The van der Waals surface area contributed by atoms with Gasteiger partial charge in [-0.3, -0.25) is 18.6 Å². The Morgan fingerprint density at radius 1 is 0.423 bits per heavy atom. The number of esters is 2. The largest absolute Gasteiger partial charge is 0.472 e. The van der Waals surface area contributed by atoms with Gasteiger partial charge in [0.15, 0.2) is 6.10 Å².